The van der Waals surface area contributed by atoms with Crippen molar-refractivity contribution in [2.45, 2.75) is 45.1 Å². The smallest absolute Gasteiger partial charge is 0.315 e. The number of urea groups is 1. The number of hydrogen-bond acceptors (Lipinski definition) is 2. The van der Waals surface area contributed by atoms with Crippen LogP contribution >= 0.6 is 0 Å². The molecule has 1 aliphatic carbocycles. The van der Waals surface area contributed by atoms with Gasteiger partial charge in [-0.15, -0.1) is 6.58 Å². The van der Waals surface area contributed by atoms with E-state index in [0.717, 1.165) is 25.7 Å². The van der Waals surface area contributed by atoms with Gasteiger partial charge < -0.3 is 10.6 Å². The molecule has 1 atom stereocenters. The maximum atomic E-state index is 11.6. The minimum absolute atomic E-state index is 0.0617. The van der Waals surface area contributed by atoms with Crippen LogP contribution in [0.3, 0.4) is 0 Å². The molecule has 2 amide bonds. The molecule has 4 heteroatoms. The fourth-order valence-corrected chi connectivity index (χ4v) is 1.79. The average Bonchev–Trinajstić information content (AvgIpc) is 3.07. The second-order valence-corrected chi connectivity index (χ2v) is 4.79. The summed E-state index contributed by atoms with van der Waals surface area (Å²) in [5.74, 6) is 0. The van der Waals surface area contributed by atoms with Gasteiger partial charge in [0.1, 0.15) is 0 Å². The van der Waals surface area contributed by atoms with Gasteiger partial charge in [0.05, 0.1) is 6.07 Å². The minimum Gasteiger partial charge on any atom is -0.338 e. The van der Waals surface area contributed by atoms with E-state index >= 15 is 0 Å². The van der Waals surface area contributed by atoms with E-state index in [1.54, 1.807) is 0 Å². The average molecular weight is 235 g/mol. The lowest BCUT2D eigenvalue weighted by Crippen LogP contribution is -2.43. The second kappa shape index (κ2) is 6.29. The largest absolute Gasteiger partial charge is 0.338 e. The molecule has 0 radical (unpaired) electrons. The van der Waals surface area contributed by atoms with Crippen molar-refractivity contribution in [1.29, 1.82) is 5.26 Å². The minimum atomic E-state index is -0.136. The van der Waals surface area contributed by atoms with Crippen LogP contribution < -0.4 is 10.6 Å². The molecular weight excluding hydrogens is 214 g/mol. The zero-order chi connectivity index (χ0) is 12.7. The van der Waals surface area contributed by atoms with E-state index in [0.29, 0.717) is 13.0 Å². The molecule has 94 valence electrons. The third-order valence-corrected chi connectivity index (χ3v) is 3.31. The normalized spacial score (nSPS) is 17.6. The van der Waals surface area contributed by atoms with Gasteiger partial charge >= 0.3 is 6.03 Å². The molecule has 1 rings (SSSR count). The Morgan fingerprint density at radius 2 is 2.35 bits per heavy atom. The van der Waals surface area contributed by atoms with Gasteiger partial charge in [0.25, 0.3) is 0 Å². The molecule has 1 saturated carbocycles. The van der Waals surface area contributed by atoms with Crippen LogP contribution in [0.25, 0.3) is 0 Å². The van der Waals surface area contributed by atoms with E-state index in [1.165, 1.54) is 0 Å². The van der Waals surface area contributed by atoms with Crippen LogP contribution in [0, 0.1) is 16.7 Å². The van der Waals surface area contributed by atoms with Crippen LogP contribution in [0.1, 0.15) is 39.0 Å². The first kappa shape index (κ1) is 13.6. The standard InChI is InChI=1S/C13H21N3O/c1-3-5-11(4-2)16-12(17)15-10-13(6-7-13)8-9-14/h3,11H,1,4-8,10H2,2H3,(H2,15,16,17). The van der Waals surface area contributed by atoms with Gasteiger partial charge in [-0.05, 0) is 25.7 Å². The highest BCUT2D eigenvalue weighted by Crippen LogP contribution is 2.47. The van der Waals surface area contributed by atoms with Crippen molar-refractivity contribution >= 4 is 6.03 Å². The zero-order valence-electron chi connectivity index (χ0n) is 10.5. The van der Waals surface area contributed by atoms with Crippen molar-refractivity contribution in [3.05, 3.63) is 12.7 Å². The monoisotopic (exact) mass is 235 g/mol. The van der Waals surface area contributed by atoms with Gasteiger partial charge in [0.2, 0.25) is 0 Å². The van der Waals surface area contributed by atoms with Crippen molar-refractivity contribution in [3.8, 4) is 6.07 Å². The lowest BCUT2D eigenvalue weighted by Gasteiger charge is -2.17. The van der Waals surface area contributed by atoms with Gasteiger partial charge in [-0.2, -0.15) is 5.26 Å². The number of carbonyl (C=O) groups is 1. The lowest BCUT2D eigenvalue weighted by molar-refractivity contribution is 0.234. The van der Waals surface area contributed by atoms with Gasteiger partial charge in [0, 0.05) is 24.4 Å². The molecule has 0 aromatic heterocycles. The molecule has 1 unspecified atom stereocenters. The summed E-state index contributed by atoms with van der Waals surface area (Å²) < 4.78 is 0. The quantitative estimate of drug-likeness (QED) is 0.665. The Kier molecular flexibility index (Phi) is 5.02. The highest BCUT2D eigenvalue weighted by Gasteiger charge is 2.42. The van der Waals surface area contributed by atoms with Crippen LogP contribution in [0.2, 0.25) is 0 Å². The zero-order valence-corrected chi connectivity index (χ0v) is 10.5. The molecule has 17 heavy (non-hydrogen) atoms. The van der Waals surface area contributed by atoms with Crippen LogP contribution in [0.5, 0.6) is 0 Å². The van der Waals surface area contributed by atoms with E-state index in [1.807, 2.05) is 13.0 Å². The Balaban J connectivity index is 2.25. The van der Waals surface area contributed by atoms with Crippen molar-refractivity contribution < 1.29 is 4.79 Å². The third-order valence-electron chi connectivity index (χ3n) is 3.31. The van der Waals surface area contributed by atoms with Gasteiger partial charge in [-0.1, -0.05) is 13.0 Å². The summed E-state index contributed by atoms with van der Waals surface area (Å²) in [6.07, 6.45) is 6.12. The van der Waals surface area contributed by atoms with E-state index < -0.39 is 0 Å². The second-order valence-electron chi connectivity index (χ2n) is 4.79. The van der Waals surface area contributed by atoms with Gasteiger partial charge in [-0.25, -0.2) is 4.79 Å². The number of amides is 2. The van der Waals surface area contributed by atoms with Crippen molar-refractivity contribution in [1.82, 2.24) is 10.6 Å². The predicted molar refractivity (Wildman–Crippen MR) is 67.3 cm³/mol. The molecule has 0 saturated heterocycles. The lowest BCUT2D eigenvalue weighted by atomic mass is 10.0. The molecule has 0 aromatic carbocycles. The first-order valence-corrected chi connectivity index (χ1v) is 6.18. The predicted octanol–water partition coefficient (Wildman–Crippen LogP) is 2.33. The molecule has 1 aliphatic rings. The van der Waals surface area contributed by atoms with Crippen molar-refractivity contribution in [2.24, 2.45) is 5.41 Å². The highest BCUT2D eigenvalue weighted by atomic mass is 16.2. The maximum absolute atomic E-state index is 11.6. The topological polar surface area (TPSA) is 64.9 Å². The molecule has 0 heterocycles. The Morgan fingerprint density at radius 1 is 1.65 bits per heavy atom. The summed E-state index contributed by atoms with van der Waals surface area (Å²) in [6.45, 7) is 6.31. The van der Waals surface area contributed by atoms with Gasteiger partial charge in [-0.3, -0.25) is 0 Å². The van der Waals surface area contributed by atoms with Crippen LogP contribution in [0.15, 0.2) is 12.7 Å². The number of carbonyl (C=O) groups excluding carboxylic acids is 1. The number of hydrogen-bond donors (Lipinski definition) is 2. The van der Waals surface area contributed by atoms with Crippen LogP contribution in [0.4, 0.5) is 4.79 Å². The number of nitrogens with zero attached hydrogens (tertiary/aromatic N) is 1. The van der Waals surface area contributed by atoms with Crippen molar-refractivity contribution in [3.63, 3.8) is 0 Å². The molecule has 4 nitrogen and oxygen atoms in total. The van der Waals surface area contributed by atoms with E-state index in [-0.39, 0.29) is 17.5 Å². The highest BCUT2D eigenvalue weighted by molar-refractivity contribution is 5.74. The maximum Gasteiger partial charge on any atom is 0.315 e. The first-order valence-electron chi connectivity index (χ1n) is 6.18. The number of nitriles is 1. The van der Waals surface area contributed by atoms with Crippen molar-refractivity contribution in [2.75, 3.05) is 6.54 Å². The van der Waals surface area contributed by atoms with Gasteiger partial charge in [0.15, 0.2) is 0 Å². The third kappa shape index (κ3) is 4.48. The van der Waals surface area contributed by atoms with Crippen LogP contribution in [-0.4, -0.2) is 18.6 Å². The Hall–Kier alpha value is -1.50. The molecule has 0 spiro atoms. The first-order chi connectivity index (χ1) is 8.15. The Morgan fingerprint density at radius 3 is 2.82 bits per heavy atom. The summed E-state index contributed by atoms with van der Waals surface area (Å²) in [4.78, 5) is 11.6. The summed E-state index contributed by atoms with van der Waals surface area (Å²) >= 11 is 0. The summed E-state index contributed by atoms with van der Waals surface area (Å²) in [5.41, 5.74) is 0.0617. The number of nitrogens with one attached hydrogen (secondary N) is 2. The molecule has 0 bridgehead atoms. The molecule has 0 aromatic rings. The molecule has 0 aliphatic heterocycles. The molecule has 2 N–H and O–H groups in total. The summed E-state index contributed by atoms with van der Waals surface area (Å²) in [5, 5.41) is 14.4. The van der Waals surface area contributed by atoms with E-state index in [2.05, 4.69) is 23.3 Å². The molecular formula is C13H21N3O. The van der Waals surface area contributed by atoms with Crippen LogP contribution in [-0.2, 0) is 0 Å². The number of rotatable bonds is 7. The summed E-state index contributed by atoms with van der Waals surface area (Å²) in [7, 11) is 0. The SMILES string of the molecule is C=CCC(CC)NC(=O)NCC1(CC#N)CC1. The van der Waals surface area contributed by atoms with E-state index in [9.17, 15) is 4.79 Å². The Bertz CT molecular complexity index is 315. The van der Waals surface area contributed by atoms with E-state index in [4.69, 9.17) is 5.26 Å². The fourth-order valence-electron chi connectivity index (χ4n) is 1.79. The molecule has 1 fully saturated rings. The Labute approximate surface area is 103 Å². The fraction of sp³-hybridized carbons (Fsp3) is 0.692. The summed E-state index contributed by atoms with van der Waals surface area (Å²) in [6, 6.07) is 2.20.